The Bertz CT molecular complexity index is 906. The summed E-state index contributed by atoms with van der Waals surface area (Å²) in [4.78, 5) is 11.8. The molecule has 152 valence electrons. The Morgan fingerprint density at radius 1 is 1.21 bits per heavy atom. The summed E-state index contributed by atoms with van der Waals surface area (Å²) in [6.45, 7) is 5.12. The number of alkyl halides is 3. The second-order valence-electron chi connectivity index (χ2n) is 7.47. The van der Waals surface area contributed by atoms with Gasteiger partial charge < -0.3 is 9.88 Å². The molecule has 0 spiro atoms. The lowest BCUT2D eigenvalue weighted by molar-refractivity contribution is -0.137. The Balaban J connectivity index is 1.97. The van der Waals surface area contributed by atoms with Crippen LogP contribution < -0.4 is 10.6 Å². The molecular formula is C18H21F4N5O. The van der Waals surface area contributed by atoms with Crippen molar-refractivity contribution in [3.05, 3.63) is 46.8 Å². The molecule has 1 saturated heterocycles. The predicted octanol–water partition coefficient (Wildman–Crippen LogP) is 2.80. The molecule has 1 fully saturated rings. The molecule has 28 heavy (non-hydrogen) atoms. The number of rotatable bonds is 3. The minimum atomic E-state index is -4.62. The second kappa shape index (κ2) is 6.84. The van der Waals surface area contributed by atoms with E-state index in [2.05, 4.69) is 20.8 Å². The van der Waals surface area contributed by atoms with Crippen LogP contribution >= 0.6 is 0 Å². The highest BCUT2D eigenvalue weighted by Crippen LogP contribution is 2.36. The number of nitrogens with zero attached hydrogens (tertiary/aromatic N) is 3. The number of carbonyl (C=O) groups is 1. The summed E-state index contributed by atoms with van der Waals surface area (Å²) in [7, 11) is 1.69. The van der Waals surface area contributed by atoms with E-state index in [9.17, 15) is 22.4 Å². The van der Waals surface area contributed by atoms with E-state index in [4.69, 9.17) is 0 Å². The monoisotopic (exact) mass is 399 g/mol. The van der Waals surface area contributed by atoms with E-state index >= 15 is 0 Å². The zero-order chi connectivity index (χ0) is 20.9. The van der Waals surface area contributed by atoms with Crippen LogP contribution in [0.25, 0.3) is 0 Å². The molecule has 2 aromatic rings. The maximum atomic E-state index is 14.5. The average molecular weight is 399 g/mol. The summed E-state index contributed by atoms with van der Waals surface area (Å²) in [5.41, 5.74) is -2.02. The van der Waals surface area contributed by atoms with Crippen molar-refractivity contribution in [2.45, 2.75) is 51.0 Å². The molecule has 1 aliphatic heterocycles. The average Bonchev–Trinajstić information content (AvgIpc) is 2.95. The molecule has 2 N–H and O–H groups in total. The van der Waals surface area contributed by atoms with Crippen LogP contribution in [-0.4, -0.2) is 26.8 Å². The van der Waals surface area contributed by atoms with Crippen molar-refractivity contribution in [1.29, 1.82) is 0 Å². The highest BCUT2D eigenvalue weighted by Gasteiger charge is 2.37. The first-order valence-corrected chi connectivity index (χ1v) is 8.73. The summed E-state index contributed by atoms with van der Waals surface area (Å²) in [6, 6.07) is 2.10. The molecule has 6 nitrogen and oxygen atoms in total. The molecule has 0 radical (unpaired) electrons. The van der Waals surface area contributed by atoms with Crippen LogP contribution in [0.5, 0.6) is 0 Å². The third-order valence-electron chi connectivity index (χ3n) is 4.97. The van der Waals surface area contributed by atoms with Gasteiger partial charge in [0, 0.05) is 19.0 Å². The van der Waals surface area contributed by atoms with Gasteiger partial charge in [0.15, 0.2) is 5.82 Å². The molecule has 2 atom stereocenters. The summed E-state index contributed by atoms with van der Waals surface area (Å²) in [5.74, 6) is -0.222. The lowest BCUT2D eigenvalue weighted by Gasteiger charge is -2.29. The molecule has 2 heterocycles. The van der Waals surface area contributed by atoms with Crippen LogP contribution in [0.1, 0.15) is 56.0 Å². The van der Waals surface area contributed by atoms with E-state index < -0.39 is 23.0 Å². The summed E-state index contributed by atoms with van der Waals surface area (Å²) >= 11 is 0. The molecule has 0 saturated carbocycles. The third kappa shape index (κ3) is 3.60. The fourth-order valence-corrected chi connectivity index (χ4v) is 3.56. The van der Waals surface area contributed by atoms with Gasteiger partial charge in [-0.25, -0.2) is 4.39 Å². The molecule has 3 rings (SSSR count). The quantitative estimate of drug-likeness (QED) is 0.779. The van der Waals surface area contributed by atoms with Crippen molar-refractivity contribution >= 4 is 5.91 Å². The summed E-state index contributed by atoms with van der Waals surface area (Å²) < 4.78 is 54.7. The maximum absolute atomic E-state index is 14.5. The van der Waals surface area contributed by atoms with Gasteiger partial charge in [-0.3, -0.25) is 10.1 Å². The summed E-state index contributed by atoms with van der Waals surface area (Å²) in [5, 5.41) is 14.2. The number of carbonyl (C=O) groups excluding carboxylic acids is 1. The van der Waals surface area contributed by atoms with Crippen LogP contribution in [0.2, 0.25) is 0 Å². The molecular weight excluding hydrogens is 378 g/mol. The Labute approximate surface area is 159 Å². The van der Waals surface area contributed by atoms with Crippen LogP contribution in [0.4, 0.5) is 17.6 Å². The van der Waals surface area contributed by atoms with Gasteiger partial charge in [0.1, 0.15) is 11.6 Å². The SMILES string of the molecule is CC1NC(=O)CC(c2nnc(C(C)(C)c3ccc(C(F)(F)F)cc3F)n2C)N1. The van der Waals surface area contributed by atoms with Gasteiger partial charge in [-0.15, -0.1) is 10.2 Å². The fraction of sp³-hybridized carbons (Fsp3) is 0.500. The highest BCUT2D eigenvalue weighted by molar-refractivity contribution is 5.77. The van der Waals surface area contributed by atoms with Crippen molar-refractivity contribution in [3.63, 3.8) is 0 Å². The predicted molar refractivity (Wildman–Crippen MR) is 92.6 cm³/mol. The van der Waals surface area contributed by atoms with E-state index in [1.807, 2.05) is 0 Å². The van der Waals surface area contributed by atoms with Gasteiger partial charge in [0.2, 0.25) is 5.91 Å². The smallest absolute Gasteiger partial charge is 0.341 e. The normalized spacial score (nSPS) is 20.9. The first-order valence-electron chi connectivity index (χ1n) is 8.73. The number of aromatic nitrogens is 3. The molecule has 1 aromatic heterocycles. The van der Waals surface area contributed by atoms with Gasteiger partial charge in [0.05, 0.1) is 23.2 Å². The highest BCUT2D eigenvalue weighted by atomic mass is 19.4. The molecule has 1 aromatic carbocycles. The van der Waals surface area contributed by atoms with E-state index in [1.54, 1.807) is 32.4 Å². The number of hydrogen-bond acceptors (Lipinski definition) is 4. The Kier molecular flexibility index (Phi) is 4.95. The van der Waals surface area contributed by atoms with E-state index in [-0.39, 0.29) is 30.1 Å². The molecule has 1 amide bonds. The first-order chi connectivity index (χ1) is 12.9. The summed E-state index contributed by atoms with van der Waals surface area (Å²) in [6.07, 6.45) is -4.69. The number of benzene rings is 1. The van der Waals surface area contributed by atoms with Gasteiger partial charge in [-0.1, -0.05) is 6.07 Å². The van der Waals surface area contributed by atoms with Crippen molar-refractivity contribution in [2.24, 2.45) is 7.05 Å². The lowest BCUT2D eigenvalue weighted by atomic mass is 9.82. The van der Waals surface area contributed by atoms with Gasteiger partial charge in [-0.2, -0.15) is 13.2 Å². The Hall–Kier alpha value is -2.49. The van der Waals surface area contributed by atoms with Gasteiger partial charge in [-0.05, 0) is 32.9 Å². The number of halogens is 4. The zero-order valence-corrected chi connectivity index (χ0v) is 15.9. The number of amides is 1. The number of nitrogens with one attached hydrogen (secondary N) is 2. The van der Waals surface area contributed by atoms with Gasteiger partial charge in [0.25, 0.3) is 0 Å². The molecule has 2 unspecified atom stereocenters. The minimum Gasteiger partial charge on any atom is -0.341 e. The third-order valence-corrected chi connectivity index (χ3v) is 4.97. The molecule has 1 aliphatic rings. The Morgan fingerprint density at radius 3 is 2.46 bits per heavy atom. The van der Waals surface area contributed by atoms with Crippen LogP contribution in [-0.2, 0) is 23.4 Å². The molecule has 0 aliphatic carbocycles. The van der Waals surface area contributed by atoms with Crippen LogP contribution in [0.15, 0.2) is 18.2 Å². The second-order valence-corrected chi connectivity index (χ2v) is 7.47. The largest absolute Gasteiger partial charge is 0.416 e. The van der Waals surface area contributed by atoms with E-state index in [1.165, 1.54) is 0 Å². The standard InChI is InChI=1S/C18H21F4N5O/c1-9-23-13(8-14(28)24-9)15-25-26-16(27(15)4)17(2,3)11-6-5-10(7-12(11)19)18(20,21)22/h5-7,9,13,23H,8H2,1-4H3,(H,24,28). The lowest BCUT2D eigenvalue weighted by Crippen LogP contribution is -2.51. The Morgan fingerprint density at radius 2 is 1.89 bits per heavy atom. The fourth-order valence-electron chi connectivity index (χ4n) is 3.56. The van der Waals surface area contributed by atoms with Crippen molar-refractivity contribution in [1.82, 2.24) is 25.4 Å². The van der Waals surface area contributed by atoms with Crippen molar-refractivity contribution in [3.8, 4) is 0 Å². The van der Waals surface area contributed by atoms with Crippen molar-refractivity contribution in [2.75, 3.05) is 0 Å². The molecule has 10 heteroatoms. The van der Waals surface area contributed by atoms with Gasteiger partial charge >= 0.3 is 6.18 Å². The van der Waals surface area contributed by atoms with E-state index in [0.717, 1.165) is 12.1 Å². The molecule has 0 bridgehead atoms. The van der Waals surface area contributed by atoms with E-state index in [0.29, 0.717) is 17.7 Å². The number of hydrogen-bond donors (Lipinski definition) is 2. The van der Waals surface area contributed by atoms with Crippen LogP contribution in [0, 0.1) is 5.82 Å². The van der Waals surface area contributed by atoms with Crippen molar-refractivity contribution < 1.29 is 22.4 Å². The zero-order valence-electron chi connectivity index (χ0n) is 15.9. The first kappa shape index (κ1) is 20.2. The minimum absolute atomic E-state index is 0.0743. The topological polar surface area (TPSA) is 71.8 Å². The maximum Gasteiger partial charge on any atom is 0.416 e. The van der Waals surface area contributed by atoms with Crippen LogP contribution in [0.3, 0.4) is 0 Å².